The van der Waals surface area contributed by atoms with E-state index in [0.717, 1.165) is 6.42 Å². The van der Waals surface area contributed by atoms with Gasteiger partial charge < -0.3 is 14.4 Å². The van der Waals surface area contributed by atoms with E-state index >= 15 is 0 Å². The zero-order valence-electron chi connectivity index (χ0n) is 17.5. The molecule has 3 rings (SSSR count). The number of aliphatic imine (C=N–C) groups is 1. The molecule has 3 atom stereocenters. The van der Waals surface area contributed by atoms with E-state index in [1.807, 2.05) is 0 Å². The maximum absolute atomic E-state index is 12.7. The second kappa shape index (κ2) is 10.3. The van der Waals surface area contributed by atoms with Crippen LogP contribution in [0.25, 0.3) is 11.3 Å². The Morgan fingerprint density at radius 3 is 2.59 bits per heavy atom. The summed E-state index contributed by atoms with van der Waals surface area (Å²) in [5.41, 5.74) is 1.42. The van der Waals surface area contributed by atoms with Crippen LogP contribution in [0.15, 0.2) is 39.9 Å². The van der Waals surface area contributed by atoms with Crippen LogP contribution in [-0.4, -0.2) is 35.5 Å². The number of halogens is 5. The second-order valence-corrected chi connectivity index (χ2v) is 8.68. The largest absolute Gasteiger partial charge is 0.473 e. The smallest absolute Gasteiger partial charge is 0.408 e. The predicted octanol–water partition coefficient (Wildman–Crippen LogP) is 6.43. The van der Waals surface area contributed by atoms with Crippen molar-refractivity contribution in [2.45, 2.75) is 39.0 Å². The Morgan fingerprint density at radius 1 is 1.38 bits per heavy atom. The number of alkyl halides is 3. The summed E-state index contributed by atoms with van der Waals surface area (Å²) in [7, 11) is 0. The predicted molar refractivity (Wildman–Crippen MR) is 117 cm³/mol. The maximum Gasteiger partial charge on any atom is 0.408 e. The molecular weight excluding hydrogens is 468 g/mol. The molecule has 10 heteroatoms. The van der Waals surface area contributed by atoms with Crippen LogP contribution in [0, 0.1) is 11.8 Å². The van der Waals surface area contributed by atoms with Gasteiger partial charge in [-0.15, -0.1) is 0 Å². The van der Waals surface area contributed by atoms with E-state index in [1.54, 1.807) is 25.1 Å². The van der Waals surface area contributed by atoms with Gasteiger partial charge in [0.15, 0.2) is 0 Å². The lowest BCUT2D eigenvalue weighted by molar-refractivity contribution is -0.118. The first-order valence-corrected chi connectivity index (χ1v) is 10.8. The minimum absolute atomic E-state index is 0.131. The van der Waals surface area contributed by atoms with Gasteiger partial charge in [0.25, 0.3) is 0 Å². The van der Waals surface area contributed by atoms with Crippen LogP contribution in [-0.2, 0) is 11.3 Å². The van der Waals surface area contributed by atoms with Crippen LogP contribution in [0.1, 0.15) is 37.5 Å². The Hall–Kier alpha value is -2.03. The monoisotopic (exact) mass is 490 g/mol. The summed E-state index contributed by atoms with van der Waals surface area (Å²) in [6.45, 7) is 2.09. The summed E-state index contributed by atoms with van der Waals surface area (Å²) in [5.74, 6) is 0.642. The number of aromatic nitrogens is 1. The number of benzene rings is 1. The molecule has 1 aromatic heterocycles. The molecule has 1 aliphatic rings. The topological polar surface area (TPSA) is 67.9 Å². The van der Waals surface area contributed by atoms with Crippen molar-refractivity contribution in [3.63, 3.8) is 0 Å². The van der Waals surface area contributed by atoms with Crippen molar-refractivity contribution >= 4 is 29.1 Å². The third-order valence-corrected chi connectivity index (χ3v) is 5.73. The van der Waals surface area contributed by atoms with Crippen molar-refractivity contribution < 1.29 is 27.5 Å². The van der Waals surface area contributed by atoms with E-state index in [9.17, 15) is 18.3 Å². The summed E-state index contributed by atoms with van der Waals surface area (Å²) in [5, 5.41) is 14.1. The van der Waals surface area contributed by atoms with Gasteiger partial charge in [0, 0.05) is 18.1 Å². The van der Waals surface area contributed by atoms with Gasteiger partial charge >= 0.3 is 6.18 Å². The average Bonchev–Trinajstić information content (AvgIpc) is 3.30. The third-order valence-electron chi connectivity index (χ3n) is 5.10. The van der Waals surface area contributed by atoms with Gasteiger partial charge in [0.2, 0.25) is 5.90 Å². The molecule has 3 unspecified atom stereocenters. The van der Waals surface area contributed by atoms with Gasteiger partial charge in [-0.05, 0) is 36.5 Å². The van der Waals surface area contributed by atoms with Gasteiger partial charge in [-0.3, -0.25) is 0 Å². The summed E-state index contributed by atoms with van der Waals surface area (Å²) >= 11 is 12.7. The molecule has 1 saturated carbocycles. The van der Waals surface area contributed by atoms with E-state index in [2.05, 4.69) is 17.1 Å². The Kier molecular flexibility index (Phi) is 7.90. The highest BCUT2D eigenvalue weighted by molar-refractivity contribution is 6.39. The highest BCUT2D eigenvalue weighted by Gasteiger charge is 2.40. The lowest BCUT2D eigenvalue weighted by Crippen LogP contribution is -2.15. The minimum Gasteiger partial charge on any atom is -0.473 e. The van der Waals surface area contributed by atoms with Gasteiger partial charge in [-0.2, -0.15) is 13.2 Å². The van der Waals surface area contributed by atoms with Crippen LogP contribution in [0.3, 0.4) is 0 Å². The molecule has 0 saturated heterocycles. The van der Waals surface area contributed by atoms with Crippen molar-refractivity contribution in [3.8, 4) is 11.3 Å². The van der Waals surface area contributed by atoms with E-state index in [0.29, 0.717) is 38.5 Å². The normalized spacial score (nSPS) is 20.1. The number of rotatable bonds is 8. The highest BCUT2D eigenvalue weighted by Crippen LogP contribution is 2.50. The molecular formula is C22H23Cl2F3N2O3. The Bertz CT molecular complexity index is 985. The molecule has 5 nitrogen and oxygen atoms in total. The molecule has 1 heterocycles. The van der Waals surface area contributed by atoms with E-state index in [-0.39, 0.29) is 30.9 Å². The van der Waals surface area contributed by atoms with Crippen LogP contribution in [0.4, 0.5) is 13.2 Å². The fourth-order valence-electron chi connectivity index (χ4n) is 3.13. The molecule has 174 valence electrons. The van der Waals surface area contributed by atoms with Gasteiger partial charge in [-0.25, -0.2) is 4.99 Å². The Labute approximate surface area is 193 Å². The molecule has 0 radical (unpaired) electrons. The quantitative estimate of drug-likeness (QED) is 0.341. The van der Waals surface area contributed by atoms with Gasteiger partial charge in [-0.1, -0.05) is 54.3 Å². The SMILES string of the molecule is CC(C=CC(=NCC(F)(F)F)OCc1c(-c2c(Cl)cccc2Cl)noc1C1CC1C)CO. The molecule has 0 amide bonds. The number of aliphatic hydroxyl groups is 1. The first kappa shape index (κ1) is 24.6. The standard InChI is InChI=1S/C22H23Cl2F3N2O3/c1-12(9-30)6-7-18(28-11-22(25,26)27)31-10-15-20(19-16(23)4-3-5-17(19)24)29-32-21(15)14-8-13(14)2/h3-7,12-14,30H,8-11H2,1-2H3. The average molecular weight is 491 g/mol. The summed E-state index contributed by atoms with van der Waals surface area (Å²) < 4.78 is 49.4. The fourth-order valence-corrected chi connectivity index (χ4v) is 3.70. The van der Waals surface area contributed by atoms with E-state index in [1.165, 1.54) is 12.2 Å². The first-order chi connectivity index (χ1) is 15.1. The molecule has 0 aliphatic heterocycles. The zero-order valence-corrected chi connectivity index (χ0v) is 19.0. The summed E-state index contributed by atoms with van der Waals surface area (Å²) in [6, 6.07) is 5.02. The van der Waals surface area contributed by atoms with Crippen molar-refractivity contribution in [3.05, 3.63) is 51.7 Å². The fraction of sp³-hybridized carbons (Fsp3) is 0.455. The first-order valence-electron chi connectivity index (χ1n) is 10.1. The van der Waals surface area contributed by atoms with E-state index in [4.69, 9.17) is 32.5 Å². The molecule has 1 aliphatic carbocycles. The Balaban J connectivity index is 1.93. The molecule has 2 aromatic rings. The van der Waals surface area contributed by atoms with Crippen LogP contribution >= 0.6 is 23.2 Å². The van der Waals surface area contributed by atoms with E-state index < -0.39 is 12.7 Å². The highest BCUT2D eigenvalue weighted by atomic mass is 35.5. The number of nitrogens with zero attached hydrogens (tertiary/aromatic N) is 2. The Morgan fingerprint density at radius 2 is 2.03 bits per heavy atom. The van der Waals surface area contributed by atoms with Crippen LogP contribution < -0.4 is 0 Å². The van der Waals surface area contributed by atoms with Crippen molar-refractivity contribution in [2.75, 3.05) is 13.2 Å². The van der Waals surface area contributed by atoms with Gasteiger partial charge in [0.1, 0.15) is 24.6 Å². The lowest BCUT2D eigenvalue weighted by atomic mass is 10.0. The molecule has 32 heavy (non-hydrogen) atoms. The second-order valence-electron chi connectivity index (χ2n) is 7.87. The van der Waals surface area contributed by atoms with Crippen LogP contribution in [0.5, 0.6) is 0 Å². The lowest BCUT2D eigenvalue weighted by Gasteiger charge is -2.11. The number of hydrogen-bond donors (Lipinski definition) is 1. The van der Waals surface area contributed by atoms with Gasteiger partial charge in [0.05, 0.1) is 15.6 Å². The summed E-state index contributed by atoms with van der Waals surface area (Å²) in [6.07, 6.45) is -0.728. The molecule has 0 spiro atoms. The molecule has 1 aromatic carbocycles. The van der Waals surface area contributed by atoms with Crippen molar-refractivity contribution in [1.29, 1.82) is 0 Å². The van der Waals surface area contributed by atoms with Crippen molar-refractivity contribution in [2.24, 2.45) is 16.8 Å². The maximum atomic E-state index is 12.7. The zero-order chi connectivity index (χ0) is 23.5. The number of hydrogen-bond acceptors (Lipinski definition) is 5. The number of ether oxygens (including phenoxy) is 1. The molecule has 0 bridgehead atoms. The van der Waals surface area contributed by atoms with Crippen LogP contribution in [0.2, 0.25) is 10.0 Å². The third kappa shape index (κ3) is 6.27. The minimum atomic E-state index is -4.48. The molecule has 1 N–H and O–H groups in total. The molecule has 1 fully saturated rings. The van der Waals surface area contributed by atoms with Crippen molar-refractivity contribution in [1.82, 2.24) is 5.16 Å². The summed E-state index contributed by atoms with van der Waals surface area (Å²) in [4.78, 5) is 3.54. The number of aliphatic hydroxyl groups excluding tert-OH is 1.